The maximum absolute atomic E-state index is 12.6. The van der Waals surface area contributed by atoms with Crippen molar-refractivity contribution in [2.24, 2.45) is 0 Å². The van der Waals surface area contributed by atoms with Gasteiger partial charge in [-0.2, -0.15) is 5.10 Å². The Hall–Kier alpha value is -3.06. The summed E-state index contributed by atoms with van der Waals surface area (Å²) in [4.78, 5) is 15.1. The van der Waals surface area contributed by atoms with Gasteiger partial charge in [-0.15, -0.1) is 0 Å². The molecule has 0 radical (unpaired) electrons. The number of piperidine rings is 1. The van der Waals surface area contributed by atoms with E-state index in [0.717, 1.165) is 66.2 Å². The molecule has 1 aromatic carbocycles. The molecule has 0 aliphatic carbocycles. The average molecular weight is 476 g/mol. The van der Waals surface area contributed by atoms with E-state index in [2.05, 4.69) is 65.3 Å². The number of hydrogen-bond acceptors (Lipinski definition) is 5. The maximum Gasteiger partial charge on any atom is 0.185 e. The predicted octanol–water partition coefficient (Wildman–Crippen LogP) is 4.60. The second-order valence-corrected chi connectivity index (χ2v) is 10.5. The lowest BCUT2D eigenvalue weighted by molar-refractivity contribution is 0.147. The summed E-state index contributed by atoms with van der Waals surface area (Å²) in [6.07, 6.45) is 8.33. The van der Waals surface area contributed by atoms with Crippen LogP contribution in [0.15, 0.2) is 41.6 Å². The molecule has 7 heteroatoms. The number of aryl methyl sites for hydroxylation is 1. The van der Waals surface area contributed by atoms with Crippen molar-refractivity contribution < 1.29 is 4.74 Å². The topological polar surface area (TPSA) is 55.5 Å². The summed E-state index contributed by atoms with van der Waals surface area (Å²) in [7, 11) is 1.71. The number of fused-ring (bicyclic) bond motifs is 3. The first kappa shape index (κ1) is 23.7. The van der Waals surface area contributed by atoms with Crippen LogP contribution in [0.3, 0.4) is 0 Å². The fraction of sp³-hybridized carbons (Fsp3) is 0.500. The summed E-state index contributed by atoms with van der Waals surface area (Å²) in [6.45, 7) is 13.8. The van der Waals surface area contributed by atoms with E-state index in [4.69, 9.17) is 9.84 Å². The lowest BCUT2D eigenvalue weighted by atomic mass is 9.95. The van der Waals surface area contributed by atoms with Crippen LogP contribution in [0, 0.1) is 6.92 Å². The zero-order valence-corrected chi connectivity index (χ0v) is 21.8. The Labute approximate surface area is 207 Å². The van der Waals surface area contributed by atoms with Gasteiger partial charge in [-0.1, -0.05) is 0 Å². The third kappa shape index (κ3) is 4.27. The first-order chi connectivity index (χ1) is 16.8. The Morgan fingerprint density at radius 1 is 1.00 bits per heavy atom. The second kappa shape index (κ2) is 9.19. The normalized spacial score (nSPS) is 16.6. The lowest BCUT2D eigenvalue weighted by Crippen LogP contribution is -2.43. The smallest absolute Gasteiger partial charge is 0.185 e. The SMILES string of the molecule is COc1cc2c(cc1-c1cnn(C3CCN(C(C)C)CC3)c1)CN(C(C)C)n1cc(C)c(=O)cc1-2. The second-order valence-electron chi connectivity index (χ2n) is 10.5. The molecular weight excluding hydrogens is 438 g/mol. The first-order valence-corrected chi connectivity index (χ1v) is 12.8. The van der Waals surface area contributed by atoms with Crippen LogP contribution in [0.4, 0.5) is 0 Å². The zero-order chi connectivity index (χ0) is 24.9. The molecule has 0 bridgehead atoms. The Kier molecular flexibility index (Phi) is 6.21. The van der Waals surface area contributed by atoms with Crippen LogP contribution < -0.4 is 15.2 Å². The Morgan fingerprint density at radius 3 is 2.40 bits per heavy atom. The standard InChI is InChI=1S/C28H37N5O2/c1-18(2)30-9-7-23(8-10-30)31-16-22(14-29-31)25-11-21-17-32(19(3)4)33-15-20(5)27(34)13-26(33)24(21)12-28(25)35-6/h11-16,18-19,23H,7-10,17H2,1-6H3. The van der Waals surface area contributed by atoms with E-state index in [1.807, 2.05) is 19.3 Å². The van der Waals surface area contributed by atoms with Gasteiger partial charge >= 0.3 is 0 Å². The van der Waals surface area contributed by atoms with Crippen LogP contribution in [-0.4, -0.2) is 51.6 Å². The van der Waals surface area contributed by atoms with Crippen LogP contribution in [0.5, 0.6) is 5.75 Å². The van der Waals surface area contributed by atoms with E-state index < -0.39 is 0 Å². The average Bonchev–Trinajstić information content (AvgIpc) is 3.33. The quantitative estimate of drug-likeness (QED) is 0.540. The summed E-state index contributed by atoms with van der Waals surface area (Å²) in [6, 6.07) is 7.37. The van der Waals surface area contributed by atoms with Gasteiger partial charge in [0.15, 0.2) is 5.43 Å². The molecule has 5 rings (SSSR count). The van der Waals surface area contributed by atoms with E-state index in [1.165, 1.54) is 5.56 Å². The molecule has 2 aromatic heterocycles. The van der Waals surface area contributed by atoms with Gasteiger partial charge in [-0.3, -0.25) is 14.2 Å². The van der Waals surface area contributed by atoms with Crippen molar-refractivity contribution in [2.45, 2.75) is 72.1 Å². The molecule has 186 valence electrons. The number of aromatic nitrogens is 3. The van der Waals surface area contributed by atoms with E-state index in [1.54, 1.807) is 13.2 Å². The van der Waals surface area contributed by atoms with Crippen molar-refractivity contribution >= 4 is 0 Å². The summed E-state index contributed by atoms with van der Waals surface area (Å²) in [5, 5.41) is 7.06. The van der Waals surface area contributed by atoms with Gasteiger partial charge in [0.25, 0.3) is 0 Å². The number of methoxy groups -OCH3 is 1. The highest BCUT2D eigenvalue weighted by Crippen LogP contribution is 2.40. The maximum atomic E-state index is 12.6. The molecule has 1 fully saturated rings. The van der Waals surface area contributed by atoms with Crippen LogP contribution >= 0.6 is 0 Å². The van der Waals surface area contributed by atoms with Crippen molar-refractivity contribution in [1.29, 1.82) is 0 Å². The molecule has 0 N–H and O–H groups in total. The van der Waals surface area contributed by atoms with Crippen molar-refractivity contribution in [3.8, 4) is 28.1 Å². The lowest BCUT2D eigenvalue weighted by Gasteiger charge is -2.38. The highest BCUT2D eigenvalue weighted by atomic mass is 16.5. The minimum absolute atomic E-state index is 0.0561. The zero-order valence-electron chi connectivity index (χ0n) is 21.8. The monoisotopic (exact) mass is 475 g/mol. The van der Waals surface area contributed by atoms with Crippen LogP contribution in [-0.2, 0) is 6.54 Å². The summed E-state index contributed by atoms with van der Waals surface area (Å²) < 4.78 is 10.1. The molecule has 35 heavy (non-hydrogen) atoms. The van der Waals surface area contributed by atoms with Gasteiger partial charge in [0.1, 0.15) is 5.75 Å². The summed E-state index contributed by atoms with van der Waals surface area (Å²) in [5.74, 6) is 0.801. The molecule has 0 saturated carbocycles. The third-order valence-corrected chi connectivity index (χ3v) is 7.64. The number of hydrogen-bond donors (Lipinski definition) is 0. The number of nitrogens with zero attached hydrogens (tertiary/aromatic N) is 5. The van der Waals surface area contributed by atoms with Gasteiger partial charge in [-0.05, 0) is 65.2 Å². The molecule has 2 aliphatic rings. The largest absolute Gasteiger partial charge is 0.496 e. The number of likely N-dealkylation sites (tertiary alicyclic amines) is 1. The number of benzene rings is 1. The minimum atomic E-state index is 0.0561. The number of pyridine rings is 1. The molecule has 0 atom stereocenters. The van der Waals surface area contributed by atoms with E-state index >= 15 is 0 Å². The number of rotatable bonds is 5. The Bertz CT molecular complexity index is 1280. The molecule has 4 heterocycles. The van der Waals surface area contributed by atoms with Crippen molar-refractivity contribution in [3.05, 3.63) is 58.1 Å². The van der Waals surface area contributed by atoms with Crippen LogP contribution in [0.25, 0.3) is 22.4 Å². The Balaban J connectivity index is 1.52. The molecular formula is C28H37N5O2. The Morgan fingerprint density at radius 2 is 1.74 bits per heavy atom. The fourth-order valence-electron chi connectivity index (χ4n) is 5.45. The molecule has 0 amide bonds. The molecule has 1 saturated heterocycles. The van der Waals surface area contributed by atoms with Gasteiger partial charge in [0.2, 0.25) is 0 Å². The van der Waals surface area contributed by atoms with Gasteiger partial charge in [0, 0.05) is 65.9 Å². The molecule has 3 aromatic rings. The van der Waals surface area contributed by atoms with Gasteiger partial charge < -0.3 is 14.6 Å². The van der Waals surface area contributed by atoms with Crippen LogP contribution in [0.1, 0.15) is 57.7 Å². The number of ether oxygens (including phenoxy) is 1. The fourth-order valence-corrected chi connectivity index (χ4v) is 5.45. The molecule has 0 unspecified atom stereocenters. The highest BCUT2D eigenvalue weighted by Gasteiger charge is 2.27. The molecule has 7 nitrogen and oxygen atoms in total. The summed E-state index contributed by atoms with van der Waals surface area (Å²) >= 11 is 0. The predicted molar refractivity (Wildman–Crippen MR) is 141 cm³/mol. The summed E-state index contributed by atoms with van der Waals surface area (Å²) in [5.41, 5.74) is 6.07. The molecule has 0 spiro atoms. The first-order valence-electron chi connectivity index (χ1n) is 12.8. The van der Waals surface area contributed by atoms with E-state index in [0.29, 0.717) is 12.1 Å². The minimum Gasteiger partial charge on any atom is -0.496 e. The highest BCUT2D eigenvalue weighted by molar-refractivity contribution is 5.78. The van der Waals surface area contributed by atoms with E-state index in [-0.39, 0.29) is 11.5 Å². The van der Waals surface area contributed by atoms with Crippen molar-refractivity contribution in [3.63, 3.8) is 0 Å². The van der Waals surface area contributed by atoms with Gasteiger partial charge in [0.05, 0.1) is 31.6 Å². The van der Waals surface area contributed by atoms with Crippen molar-refractivity contribution in [2.75, 3.05) is 25.2 Å². The van der Waals surface area contributed by atoms with Crippen molar-refractivity contribution in [1.82, 2.24) is 19.4 Å². The molecule has 2 aliphatic heterocycles. The van der Waals surface area contributed by atoms with E-state index in [9.17, 15) is 4.79 Å². The van der Waals surface area contributed by atoms with Crippen LogP contribution in [0.2, 0.25) is 0 Å². The van der Waals surface area contributed by atoms with Gasteiger partial charge in [-0.25, -0.2) is 0 Å². The third-order valence-electron chi connectivity index (χ3n) is 7.64.